The summed E-state index contributed by atoms with van der Waals surface area (Å²) in [5.74, 6) is 0.348. The summed E-state index contributed by atoms with van der Waals surface area (Å²) in [5, 5.41) is 19.0. The average Bonchev–Trinajstić information content (AvgIpc) is 3.02. The van der Waals surface area contributed by atoms with Gasteiger partial charge in [-0.2, -0.15) is 5.10 Å². The lowest BCUT2D eigenvalue weighted by molar-refractivity contribution is -0.385. The number of nitro groups is 1. The largest absolute Gasteiger partial charge is 0.490 e. The van der Waals surface area contributed by atoms with E-state index in [0.717, 1.165) is 49.8 Å². The normalized spacial score (nSPS) is 16.5. The van der Waals surface area contributed by atoms with Gasteiger partial charge in [0.05, 0.1) is 18.2 Å². The number of nitrogens with zero attached hydrogens (tertiary/aromatic N) is 3. The third-order valence-corrected chi connectivity index (χ3v) is 4.74. The fourth-order valence-electron chi connectivity index (χ4n) is 3.51. The molecule has 2 aromatic rings. The van der Waals surface area contributed by atoms with E-state index in [1.165, 1.54) is 12.7 Å². The van der Waals surface area contributed by atoms with Gasteiger partial charge in [-0.05, 0) is 61.4 Å². The Kier molecular flexibility index (Phi) is 5.33. The van der Waals surface area contributed by atoms with Crippen LogP contribution in [0.3, 0.4) is 0 Å². The fourth-order valence-corrected chi connectivity index (χ4v) is 3.51. The molecule has 1 unspecified atom stereocenters. The summed E-state index contributed by atoms with van der Waals surface area (Å²) in [4.78, 5) is 10.9. The van der Waals surface area contributed by atoms with Crippen molar-refractivity contribution in [2.24, 2.45) is 7.05 Å². The van der Waals surface area contributed by atoms with Crippen molar-refractivity contribution >= 4 is 5.69 Å². The molecule has 1 atom stereocenters. The first-order valence-electron chi connectivity index (χ1n) is 8.64. The molecule has 1 N–H and O–H groups in total. The molecule has 0 radical (unpaired) electrons. The van der Waals surface area contributed by atoms with E-state index in [2.05, 4.69) is 10.4 Å². The van der Waals surface area contributed by atoms with E-state index in [1.807, 2.05) is 30.2 Å². The van der Waals surface area contributed by atoms with Crippen LogP contribution in [0.25, 0.3) is 0 Å². The Morgan fingerprint density at radius 2 is 2.32 bits per heavy atom. The summed E-state index contributed by atoms with van der Waals surface area (Å²) in [6.07, 6.45) is 8.94. The number of rotatable bonds is 7. The first-order chi connectivity index (χ1) is 12.1. The Morgan fingerprint density at radius 3 is 3.00 bits per heavy atom. The van der Waals surface area contributed by atoms with Crippen LogP contribution in [-0.2, 0) is 19.9 Å². The molecule has 1 aliphatic carbocycles. The van der Waals surface area contributed by atoms with Crippen molar-refractivity contribution in [3.63, 3.8) is 0 Å². The highest BCUT2D eigenvalue weighted by Crippen LogP contribution is 2.37. The lowest BCUT2D eigenvalue weighted by atomic mass is 9.87. The minimum atomic E-state index is -0.368. The number of nitrogens with one attached hydrogen (secondary N) is 1. The smallest absolute Gasteiger partial charge is 0.311 e. The van der Waals surface area contributed by atoms with Gasteiger partial charge in [0.15, 0.2) is 5.75 Å². The van der Waals surface area contributed by atoms with E-state index in [0.29, 0.717) is 5.75 Å². The van der Waals surface area contributed by atoms with Gasteiger partial charge in [-0.25, -0.2) is 0 Å². The molecule has 7 heteroatoms. The lowest BCUT2D eigenvalue weighted by Crippen LogP contribution is -2.26. The highest BCUT2D eigenvalue weighted by molar-refractivity contribution is 5.53. The number of methoxy groups -OCH3 is 1. The van der Waals surface area contributed by atoms with Crippen molar-refractivity contribution in [3.8, 4) is 5.75 Å². The van der Waals surface area contributed by atoms with E-state index in [4.69, 9.17) is 4.74 Å². The SMILES string of the molecule is COc1cc2c(cc1[N+](=O)[O-])C(NCCCc1cnn(C)c1)CCC2. The van der Waals surface area contributed by atoms with Crippen LogP contribution in [0, 0.1) is 10.1 Å². The summed E-state index contributed by atoms with van der Waals surface area (Å²) in [6, 6.07) is 3.69. The Hall–Kier alpha value is -2.41. The molecular weight excluding hydrogens is 320 g/mol. The van der Waals surface area contributed by atoms with Gasteiger partial charge in [0, 0.05) is 25.4 Å². The molecule has 0 amide bonds. The molecule has 25 heavy (non-hydrogen) atoms. The van der Waals surface area contributed by atoms with Gasteiger partial charge in [-0.15, -0.1) is 0 Å². The molecule has 134 valence electrons. The van der Waals surface area contributed by atoms with Gasteiger partial charge in [0.2, 0.25) is 0 Å². The third kappa shape index (κ3) is 3.99. The predicted molar refractivity (Wildman–Crippen MR) is 94.9 cm³/mol. The number of hydrogen-bond acceptors (Lipinski definition) is 5. The van der Waals surface area contributed by atoms with Crippen molar-refractivity contribution in [1.82, 2.24) is 15.1 Å². The van der Waals surface area contributed by atoms with Crippen LogP contribution < -0.4 is 10.1 Å². The van der Waals surface area contributed by atoms with Crippen molar-refractivity contribution < 1.29 is 9.66 Å². The van der Waals surface area contributed by atoms with Gasteiger partial charge in [0.1, 0.15) is 0 Å². The summed E-state index contributed by atoms with van der Waals surface area (Å²) < 4.78 is 7.00. The third-order valence-electron chi connectivity index (χ3n) is 4.74. The maximum absolute atomic E-state index is 11.3. The minimum absolute atomic E-state index is 0.0466. The number of nitro benzene ring substituents is 1. The number of fused-ring (bicyclic) bond motifs is 1. The lowest BCUT2D eigenvalue weighted by Gasteiger charge is -2.27. The van der Waals surface area contributed by atoms with Gasteiger partial charge >= 0.3 is 5.69 Å². The predicted octanol–water partition coefficient (Wildman–Crippen LogP) is 2.94. The fraction of sp³-hybridized carbons (Fsp3) is 0.500. The van der Waals surface area contributed by atoms with Crippen molar-refractivity contribution in [2.45, 2.75) is 38.1 Å². The van der Waals surface area contributed by atoms with Crippen molar-refractivity contribution in [2.75, 3.05) is 13.7 Å². The standard InChI is InChI=1S/C18H24N4O3/c1-21-12-13(11-20-21)5-4-8-19-16-7-3-6-14-9-18(25-2)17(22(23)24)10-15(14)16/h9-12,16,19H,3-8H2,1-2H3. The molecule has 0 aliphatic heterocycles. The molecule has 0 bridgehead atoms. The summed E-state index contributed by atoms with van der Waals surface area (Å²) in [7, 11) is 3.40. The second-order valence-electron chi connectivity index (χ2n) is 6.50. The van der Waals surface area contributed by atoms with Crippen molar-refractivity contribution in [3.05, 3.63) is 51.3 Å². The van der Waals surface area contributed by atoms with Crippen LogP contribution in [0.15, 0.2) is 24.5 Å². The maximum Gasteiger partial charge on any atom is 0.311 e. The highest BCUT2D eigenvalue weighted by atomic mass is 16.6. The molecule has 0 fully saturated rings. The second-order valence-corrected chi connectivity index (χ2v) is 6.50. The maximum atomic E-state index is 11.3. The zero-order valence-electron chi connectivity index (χ0n) is 14.7. The molecule has 0 saturated carbocycles. The van der Waals surface area contributed by atoms with E-state index in [1.54, 1.807) is 6.07 Å². The molecular formula is C18H24N4O3. The molecule has 1 heterocycles. The number of aromatic nitrogens is 2. The van der Waals surface area contributed by atoms with Gasteiger partial charge < -0.3 is 10.1 Å². The zero-order chi connectivity index (χ0) is 17.8. The molecule has 0 spiro atoms. The first-order valence-corrected chi connectivity index (χ1v) is 8.64. The van der Waals surface area contributed by atoms with Crippen LogP contribution in [0.1, 0.15) is 42.0 Å². The molecule has 7 nitrogen and oxygen atoms in total. The van der Waals surface area contributed by atoms with Crippen LogP contribution in [0.2, 0.25) is 0 Å². The number of ether oxygens (including phenoxy) is 1. The van der Waals surface area contributed by atoms with Crippen LogP contribution in [-0.4, -0.2) is 28.4 Å². The van der Waals surface area contributed by atoms with Crippen molar-refractivity contribution in [1.29, 1.82) is 0 Å². The highest BCUT2D eigenvalue weighted by Gasteiger charge is 2.26. The zero-order valence-corrected chi connectivity index (χ0v) is 14.7. The summed E-state index contributed by atoms with van der Waals surface area (Å²) in [6.45, 7) is 0.874. The summed E-state index contributed by atoms with van der Waals surface area (Å²) >= 11 is 0. The second kappa shape index (κ2) is 7.65. The van der Waals surface area contributed by atoms with E-state index >= 15 is 0 Å². The van der Waals surface area contributed by atoms with E-state index < -0.39 is 0 Å². The Morgan fingerprint density at radius 1 is 1.48 bits per heavy atom. The minimum Gasteiger partial charge on any atom is -0.490 e. The average molecular weight is 344 g/mol. The number of hydrogen-bond donors (Lipinski definition) is 1. The van der Waals surface area contributed by atoms with Crippen LogP contribution >= 0.6 is 0 Å². The van der Waals surface area contributed by atoms with Gasteiger partial charge in [-0.3, -0.25) is 14.8 Å². The van der Waals surface area contributed by atoms with Crippen LogP contribution in [0.4, 0.5) is 5.69 Å². The van der Waals surface area contributed by atoms with E-state index in [-0.39, 0.29) is 16.7 Å². The molecule has 0 saturated heterocycles. The molecule has 1 aliphatic rings. The van der Waals surface area contributed by atoms with E-state index in [9.17, 15) is 10.1 Å². The Balaban J connectivity index is 1.66. The van der Waals surface area contributed by atoms with Crippen LogP contribution in [0.5, 0.6) is 5.75 Å². The first kappa shape index (κ1) is 17.4. The Bertz CT molecular complexity index is 757. The van der Waals surface area contributed by atoms with Gasteiger partial charge in [-0.1, -0.05) is 0 Å². The topological polar surface area (TPSA) is 82.2 Å². The Labute approximate surface area is 147 Å². The number of benzene rings is 1. The number of aryl methyl sites for hydroxylation is 3. The molecule has 1 aromatic heterocycles. The van der Waals surface area contributed by atoms with Gasteiger partial charge in [0.25, 0.3) is 0 Å². The molecule has 1 aromatic carbocycles. The monoisotopic (exact) mass is 344 g/mol. The quantitative estimate of drug-likeness (QED) is 0.474. The summed E-state index contributed by atoms with van der Waals surface area (Å²) in [5.41, 5.74) is 3.47. The molecule has 3 rings (SSSR count).